The van der Waals surface area contributed by atoms with Gasteiger partial charge in [-0.25, -0.2) is 0 Å². The summed E-state index contributed by atoms with van der Waals surface area (Å²) in [6.45, 7) is 11.5. The van der Waals surface area contributed by atoms with Gasteiger partial charge in [0.15, 0.2) is 0 Å². The number of ketones is 1. The number of hydrogen-bond acceptors (Lipinski definition) is 4. The molecule has 5 heteroatoms. The first-order chi connectivity index (χ1) is 10.1. The van der Waals surface area contributed by atoms with Gasteiger partial charge in [0.25, 0.3) is 0 Å². The molecule has 1 saturated heterocycles. The minimum Gasteiger partial charge on any atom is -0.469 e. The second-order valence-corrected chi connectivity index (χ2v) is 12.4. The molecule has 22 heavy (non-hydrogen) atoms. The molecular formula is C17H28O4Si. The minimum atomic E-state index is -1.68. The number of carbonyl (C=O) groups excluding carboxylic acids is 2. The monoisotopic (exact) mass is 324 g/mol. The maximum absolute atomic E-state index is 12.1. The van der Waals surface area contributed by atoms with Crippen LogP contribution in [0.15, 0.2) is 0 Å². The fraction of sp³-hybridized carbons (Fsp3) is 0.765. The Morgan fingerprint density at radius 2 is 2.05 bits per heavy atom. The number of Topliss-reactive ketones (excluding diaryl/α,β-unsaturated/α-hetero) is 1. The van der Waals surface area contributed by atoms with Crippen LogP contribution < -0.4 is 0 Å². The van der Waals surface area contributed by atoms with Crippen LogP contribution in [-0.4, -0.2) is 39.6 Å². The number of ether oxygens (including phenoxy) is 2. The van der Waals surface area contributed by atoms with Crippen molar-refractivity contribution in [1.29, 1.82) is 0 Å². The molecule has 1 heterocycles. The standard InChI is InChI=1S/C17H28O4Si/c1-17(2,3)22(5,6)10-9-14-11-15(18)13(12-21-14)7-8-16(19)20-4/h13-14H,7-8,11-12H2,1-6H3/t13-,14+/m0/s1. The summed E-state index contributed by atoms with van der Waals surface area (Å²) in [4.78, 5) is 23.3. The van der Waals surface area contributed by atoms with Gasteiger partial charge in [-0.2, -0.15) is 0 Å². The molecule has 1 aliphatic rings. The van der Waals surface area contributed by atoms with Gasteiger partial charge in [-0.3, -0.25) is 9.59 Å². The van der Waals surface area contributed by atoms with Gasteiger partial charge in [0.2, 0.25) is 0 Å². The highest BCUT2D eigenvalue weighted by Crippen LogP contribution is 2.35. The lowest BCUT2D eigenvalue weighted by molar-refractivity contribution is -0.142. The third-order valence-electron chi connectivity index (χ3n) is 4.69. The SMILES string of the molecule is COC(=O)CC[C@H]1CO[C@H](C#C[Si](C)(C)C(C)(C)C)CC1=O. The largest absolute Gasteiger partial charge is 0.469 e. The first-order valence-corrected chi connectivity index (χ1v) is 10.8. The van der Waals surface area contributed by atoms with Crippen LogP contribution in [0.25, 0.3) is 0 Å². The number of rotatable bonds is 3. The van der Waals surface area contributed by atoms with E-state index < -0.39 is 8.07 Å². The Bertz CT molecular complexity index is 479. The van der Waals surface area contributed by atoms with Crippen LogP contribution in [0.3, 0.4) is 0 Å². The summed E-state index contributed by atoms with van der Waals surface area (Å²) in [5, 5.41) is 0.196. The Labute approximate surface area is 135 Å². The topological polar surface area (TPSA) is 52.6 Å². The van der Waals surface area contributed by atoms with Crippen molar-refractivity contribution in [3.63, 3.8) is 0 Å². The molecule has 0 amide bonds. The summed E-state index contributed by atoms with van der Waals surface area (Å²) in [7, 11) is -0.321. The second kappa shape index (κ2) is 7.43. The van der Waals surface area contributed by atoms with Gasteiger partial charge in [0, 0.05) is 18.8 Å². The highest BCUT2D eigenvalue weighted by atomic mass is 28.3. The van der Waals surface area contributed by atoms with Gasteiger partial charge in [-0.1, -0.05) is 39.8 Å². The summed E-state index contributed by atoms with van der Waals surface area (Å²) in [5.41, 5.74) is 3.40. The molecule has 1 rings (SSSR count). The van der Waals surface area contributed by atoms with Crippen molar-refractivity contribution in [2.24, 2.45) is 5.92 Å². The lowest BCUT2D eigenvalue weighted by Crippen LogP contribution is -2.37. The first-order valence-electron chi connectivity index (χ1n) is 7.80. The van der Waals surface area contributed by atoms with E-state index in [9.17, 15) is 9.59 Å². The van der Waals surface area contributed by atoms with E-state index in [2.05, 4.69) is 50.1 Å². The zero-order valence-electron chi connectivity index (χ0n) is 14.6. The van der Waals surface area contributed by atoms with Gasteiger partial charge in [0.1, 0.15) is 20.0 Å². The highest BCUT2D eigenvalue weighted by Gasteiger charge is 2.34. The zero-order chi connectivity index (χ0) is 17.0. The summed E-state index contributed by atoms with van der Waals surface area (Å²) in [6.07, 6.45) is 0.786. The van der Waals surface area contributed by atoms with Crippen molar-refractivity contribution in [1.82, 2.24) is 0 Å². The molecule has 0 saturated carbocycles. The normalized spacial score (nSPS) is 22.7. The summed E-state index contributed by atoms with van der Waals surface area (Å²) >= 11 is 0. The van der Waals surface area contributed by atoms with E-state index in [1.54, 1.807) is 0 Å². The Morgan fingerprint density at radius 3 is 2.55 bits per heavy atom. The molecule has 1 aliphatic heterocycles. The van der Waals surface area contributed by atoms with Gasteiger partial charge < -0.3 is 9.47 Å². The molecule has 124 valence electrons. The van der Waals surface area contributed by atoms with Gasteiger partial charge in [0.05, 0.1) is 13.7 Å². The summed E-state index contributed by atoms with van der Waals surface area (Å²) in [5.74, 6) is 2.83. The highest BCUT2D eigenvalue weighted by molar-refractivity contribution is 6.87. The van der Waals surface area contributed by atoms with Gasteiger partial charge in [-0.15, -0.1) is 5.54 Å². The van der Waals surface area contributed by atoms with E-state index >= 15 is 0 Å². The Kier molecular flexibility index (Phi) is 6.39. The molecule has 0 radical (unpaired) electrons. The molecule has 1 fully saturated rings. The van der Waals surface area contributed by atoms with E-state index in [4.69, 9.17) is 4.74 Å². The van der Waals surface area contributed by atoms with Gasteiger partial charge >= 0.3 is 5.97 Å². The molecule has 2 atom stereocenters. The lowest BCUT2D eigenvalue weighted by atomic mass is 9.93. The van der Waals surface area contributed by atoms with Crippen LogP contribution in [0.4, 0.5) is 0 Å². The molecular weight excluding hydrogens is 296 g/mol. The quantitative estimate of drug-likeness (QED) is 0.455. The van der Waals surface area contributed by atoms with Crippen LogP contribution in [-0.2, 0) is 19.1 Å². The van der Waals surface area contributed by atoms with Crippen LogP contribution in [0.5, 0.6) is 0 Å². The predicted molar refractivity (Wildman–Crippen MR) is 89.1 cm³/mol. The van der Waals surface area contributed by atoms with Crippen molar-refractivity contribution < 1.29 is 19.1 Å². The molecule has 0 aliphatic carbocycles. The summed E-state index contributed by atoms with van der Waals surface area (Å²) < 4.78 is 10.3. The number of esters is 1. The van der Waals surface area contributed by atoms with Gasteiger partial charge in [-0.05, 0) is 11.5 Å². The average molecular weight is 324 g/mol. The molecule has 0 spiro atoms. The predicted octanol–water partition coefficient (Wildman–Crippen LogP) is 2.96. The van der Waals surface area contributed by atoms with Crippen LogP contribution in [0.1, 0.15) is 40.0 Å². The van der Waals surface area contributed by atoms with Crippen molar-refractivity contribution in [3.05, 3.63) is 0 Å². The maximum Gasteiger partial charge on any atom is 0.305 e. The molecule has 0 bridgehead atoms. The molecule has 0 N–H and O–H groups in total. The maximum atomic E-state index is 12.1. The van der Waals surface area contributed by atoms with E-state index in [0.717, 1.165) is 0 Å². The van der Waals surface area contributed by atoms with Crippen molar-refractivity contribution in [2.75, 3.05) is 13.7 Å². The Morgan fingerprint density at radius 1 is 1.41 bits per heavy atom. The van der Waals surface area contributed by atoms with Crippen molar-refractivity contribution in [2.45, 2.75) is 64.3 Å². The van der Waals surface area contributed by atoms with E-state index in [1.165, 1.54) is 7.11 Å². The molecule has 0 aromatic carbocycles. The van der Waals surface area contributed by atoms with E-state index in [-0.39, 0.29) is 35.2 Å². The van der Waals surface area contributed by atoms with Crippen LogP contribution in [0.2, 0.25) is 18.1 Å². The van der Waals surface area contributed by atoms with Crippen molar-refractivity contribution in [3.8, 4) is 11.5 Å². The third kappa shape index (κ3) is 5.26. The second-order valence-electron chi connectivity index (χ2n) is 7.45. The Balaban J connectivity index is 2.57. The fourth-order valence-corrected chi connectivity index (χ4v) is 2.81. The molecule has 0 unspecified atom stereocenters. The third-order valence-corrected chi connectivity index (χ3v) is 9.21. The number of methoxy groups -OCH3 is 1. The smallest absolute Gasteiger partial charge is 0.305 e. The Hall–Kier alpha value is -1.12. The van der Waals surface area contributed by atoms with E-state index in [0.29, 0.717) is 19.4 Å². The molecule has 0 aromatic rings. The fourth-order valence-electron chi connectivity index (χ4n) is 1.91. The van der Waals surface area contributed by atoms with Crippen molar-refractivity contribution >= 4 is 19.8 Å². The number of carbonyl (C=O) groups is 2. The van der Waals surface area contributed by atoms with E-state index in [1.807, 2.05) is 0 Å². The number of hydrogen-bond donors (Lipinski definition) is 0. The zero-order valence-corrected chi connectivity index (χ0v) is 15.6. The average Bonchev–Trinajstić information content (AvgIpc) is 2.42. The lowest BCUT2D eigenvalue weighted by Gasteiger charge is -2.32. The summed E-state index contributed by atoms with van der Waals surface area (Å²) in [6, 6.07) is 0. The van der Waals surface area contributed by atoms with Crippen LogP contribution >= 0.6 is 0 Å². The van der Waals surface area contributed by atoms with Crippen LogP contribution in [0, 0.1) is 17.4 Å². The molecule has 0 aromatic heterocycles. The molecule has 4 nitrogen and oxygen atoms in total. The minimum absolute atomic E-state index is 0.143. The first kappa shape index (κ1) is 18.9.